The van der Waals surface area contributed by atoms with Gasteiger partial charge in [-0.1, -0.05) is 18.2 Å². The van der Waals surface area contributed by atoms with Crippen molar-refractivity contribution in [1.82, 2.24) is 0 Å². The fourth-order valence-electron chi connectivity index (χ4n) is 2.86. The maximum absolute atomic E-state index is 10.5. The normalized spacial score (nSPS) is 15.7. The molecule has 1 aromatic heterocycles. The van der Waals surface area contributed by atoms with Crippen molar-refractivity contribution >= 4 is 0 Å². The Kier molecular flexibility index (Phi) is 2.75. The number of aliphatic hydroxyl groups is 1. The third kappa shape index (κ3) is 1.87. The van der Waals surface area contributed by atoms with Gasteiger partial charge in [-0.3, -0.25) is 0 Å². The van der Waals surface area contributed by atoms with Gasteiger partial charge in [0, 0.05) is 5.56 Å². The number of fused-ring (bicyclic) bond motifs is 1. The lowest BCUT2D eigenvalue weighted by molar-refractivity contribution is 0.218. The van der Waals surface area contributed by atoms with E-state index in [4.69, 9.17) is 4.42 Å². The highest BCUT2D eigenvalue weighted by Gasteiger charge is 2.19. The Balaban J connectivity index is 1.97. The smallest absolute Gasteiger partial charge is 0.107 e. The average molecular weight is 242 g/mol. The molecule has 1 aromatic carbocycles. The number of rotatable bonds is 2. The molecule has 1 heterocycles. The number of hydrogen-bond donors (Lipinski definition) is 1. The van der Waals surface area contributed by atoms with Gasteiger partial charge in [-0.15, -0.1) is 0 Å². The molecule has 0 bridgehead atoms. The van der Waals surface area contributed by atoms with Crippen LogP contribution in [0.5, 0.6) is 0 Å². The van der Waals surface area contributed by atoms with Crippen molar-refractivity contribution in [3.05, 3.63) is 58.0 Å². The lowest BCUT2D eigenvalue weighted by atomic mass is 9.98. The molecule has 1 aliphatic rings. The molecule has 1 atom stereocenters. The second-order valence-electron chi connectivity index (χ2n) is 5.15. The number of furan rings is 1. The summed E-state index contributed by atoms with van der Waals surface area (Å²) in [7, 11) is 0. The van der Waals surface area contributed by atoms with E-state index in [2.05, 4.69) is 12.1 Å². The Bertz CT molecular complexity index is 581. The first-order chi connectivity index (χ1) is 8.65. The van der Waals surface area contributed by atoms with Gasteiger partial charge in [0.2, 0.25) is 0 Å². The molecule has 94 valence electrons. The summed E-state index contributed by atoms with van der Waals surface area (Å²) in [4.78, 5) is 0. The molecule has 0 saturated heterocycles. The number of hydrogen-bond acceptors (Lipinski definition) is 2. The highest BCUT2D eigenvalue weighted by Crippen LogP contribution is 2.30. The zero-order chi connectivity index (χ0) is 12.7. The largest absolute Gasteiger partial charge is 0.466 e. The van der Waals surface area contributed by atoms with E-state index in [1.807, 2.05) is 26.0 Å². The van der Waals surface area contributed by atoms with E-state index >= 15 is 0 Å². The molecular weight excluding hydrogens is 224 g/mol. The predicted octanol–water partition coefficient (Wildman–Crippen LogP) is 3.47. The van der Waals surface area contributed by atoms with Crippen molar-refractivity contribution in [2.24, 2.45) is 0 Å². The van der Waals surface area contributed by atoms with Gasteiger partial charge in [0.25, 0.3) is 0 Å². The molecule has 3 rings (SSSR count). The summed E-state index contributed by atoms with van der Waals surface area (Å²) in [5, 5.41) is 10.5. The van der Waals surface area contributed by atoms with Gasteiger partial charge in [0.05, 0.1) is 0 Å². The van der Waals surface area contributed by atoms with Crippen LogP contribution in [0.4, 0.5) is 0 Å². The minimum absolute atomic E-state index is 0.576. The summed E-state index contributed by atoms with van der Waals surface area (Å²) in [5.41, 5.74) is 4.68. The summed E-state index contributed by atoms with van der Waals surface area (Å²) in [5.74, 6) is 1.66. The Morgan fingerprint density at radius 1 is 1.11 bits per heavy atom. The first kappa shape index (κ1) is 11.5. The summed E-state index contributed by atoms with van der Waals surface area (Å²) in [6.45, 7) is 3.81. The highest BCUT2D eigenvalue weighted by atomic mass is 16.3. The van der Waals surface area contributed by atoms with Crippen LogP contribution in [0.15, 0.2) is 28.7 Å². The summed E-state index contributed by atoms with van der Waals surface area (Å²) in [6, 6.07) is 8.27. The predicted molar refractivity (Wildman–Crippen MR) is 70.7 cm³/mol. The number of aryl methyl sites for hydroxylation is 4. The van der Waals surface area contributed by atoms with Crippen LogP contribution in [0.2, 0.25) is 0 Å². The molecule has 18 heavy (non-hydrogen) atoms. The summed E-state index contributed by atoms with van der Waals surface area (Å²) < 4.78 is 5.49. The molecule has 0 spiro atoms. The Morgan fingerprint density at radius 3 is 2.61 bits per heavy atom. The Labute approximate surface area is 107 Å². The van der Waals surface area contributed by atoms with Crippen LogP contribution in [0, 0.1) is 13.8 Å². The van der Waals surface area contributed by atoms with Crippen LogP contribution in [0.25, 0.3) is 0 Å². The molecule has 0 aliphatic heterocycles. The zero-order valence-corrected chi connectivity index (χ0v) is 10.9. The van der Waals surface area contributed by atoms with Gasteiger partial charge in [-0.2, -0.15) is 0 Å². The quantitative estimate of drug-likeness (QED) is 0.874. The fourth-order valence-corrected chi connectivity index (χ4v) is 2.86. The van der Waals surface area contributed by atoms with E-state index in [0.717, 1.165) is 29.1 Å². The van der Waals surface area contributed by atoms with E-state index < -0.39 is 6.10 Å². The molecule has 0 fully saturated rings. The number of aliphatic hydroxyl groups excluding tert-OH is 1. The lowest BCUT2D eigenvalue weighted by Gasteiger charge is -2.11. The average Bonchev–Trinajstić information content (AvgIpc) is 2.93. The molecule has 1 unspecified atom stereocenters. The van der Waals surface area contributed by atoms with Gasteiger partial charge in [0.1, 0.15) is 17.6 Å². The molecule has 2 aromatic rings. The van der Waals surface area contributed by atoms with Gasteiger partial charge in [-0.05, 0) is 55.9 Å². The van der Waals surface area contributed by atoms with Crippen molar-refractivity contribution in [2.45, 2.75) is 39.2 Å². The van der Waals surface area contributed by atoms with E-state index in [9.17, 15) is 5.11 Å². The molecule has 1 N–H and O–H groups in total. The minimum atomic E-state index is -0.576. The SMILES string of the molecule is Cc1cc(C(O)c2ccc3c(c2)CCC3)c(C)o1. The van der Waals surface area contributed by atoms with Crippen molar-refractivity contribution in [3.8, 4) is 0 Å². The van der Waals surface area contributed by atoms with Gasteiger partial charge in [0.15, 0.2) is 0 Å². The van der Waals surface area contributed by atoms with Crippen molar-refractivity contribution in [3.63, 3.8) is 0 Å². The van der Waals surface area contributed by atoms with E-state index in [1.165, 1.54) is 24.0 Å². The fraction of sp³-hybridized carbons (Fsp3) is 0.375. The second-order valence-corrected chi connectivity index (χ2v) is 5.15. The van der Waals surface area contributed by atoms with Crippen LogP contribution < -0.4 is 0 Å². The van der Waals surface area contributed by atoms with E-state index in [1.54, 1.807) is 0 Å². The first-order valence-corrected chi connectivity index (χ1v) is 6.52. The maximum Gasteiger partial charge on any atom is 0.107 e. The highest BCUT2D eigenvalue weighted by molar-refractivity contribution is 5.40. The van der Waals surface area contributed by atoms with E-state index in [-0.39, 0.29) is 0 Å². The van der Waals surface area contributed by atoms with Crippen LogP contribution in [0.3, 0.4) is 0 Å². The van der Waals surface area contributed by atoms with Crippen molar-refractivity contribution in [2.75, 3.05) is 0 Å². The number of benzene rings is 1. The maximum atomic E-state index is 10.5. The third-order valence-electron chi connectivity index (χ3n) is 3.81. The molecule has 0 saturated carbocycles. The minimum Gasteiger partial charge on any atom is -0.466 e. The topological polar surface area (TPSA) is 33.4 Å². The summed E-state index contributed by atoms with van der Waals surface area (Å²) >= 11 is 0. The second kappa shape index (κ2) is 4.29. The Hall–Kier alpha value is -1.54. The van der Waals surface area contributed by atoms with Crippen LogP contribution in [-0.4, -0.2) is 5.11 Å². The molecule has 2 nitrogen and oxygen atoms in total. The van der Waals surface area contributed by atoms with Gasteiger partial charge >= 0.3 is 0 Å². The van der Waals surface area contributed by atoms with Crippen LogP contribution in [-0.2, 0) is 12.8 Å². The standard InChI is InChI=1S/C16H18O2/c1-10-8-15(11(2)18-10)16(17)14-7-6-12-4-3-5-13(12)9-14/h6-9,16-17H,3-5H2,1-2H3. The molecule has 0 amide bonds. The van der Waals surface area contributed by atoms with Crippen molar-refractivity contribution < 1.29 is 9.52 Å². The van der Waals surface area contributed by atoms with Crippen molar-refractivity contribution in [1.29, 1.82) is 0 Å². The Morgan fingerprint density at radius 2 is 1.89 bits per heavy atom. The molecule has 0 radical (unpaired) electrons. The van der Waals surface area contributed by atoms with Crippen LogP contribution >= 0.6 is 0 Å². The third-order valence-corrected chi connectivity index (χ3v) is 3.81. The van der Waals surface area contributed by atoms with Crippen LogP contribution in [0.1, 0.15) is 46.3 Å². The van der Waals surface area contributed by atoms with Gasteiger partial charge < -0.3 is 9.52 Å². The summed E-state index contributed by atoms with van der Waals surface area (Å²) in [6.07, 6.45) is 2.97. The molecule has 1 aliphatic carbocycles. The van der Waals surface area contributed by atoms with E-state index in [0.29, 0.717) is 0 Å². The van der Waals surface area contributed by atoms with Gasteiger partial charge in [-0.25, -0.2) is 0 Å². The zero-order valence-electron chi connectivity index (χ0n) is 10.9. The monoisotopic (exact) mass is 242 g/mol. The molecule has 2 heteroatoms. The molecular formula is C16H18O2. The lowest BCUT2D eigenvalue weighted by Crippen LogP contribution is -2.01. The first-order valence-electron chi connectivity index (χ1n) is 6.52.